The molecule has 1 aromatic rings. The van der Waals surface area contributed by atoms with Crippen molar-refractivity contribution >= 4 is 23.3 Å². The maximum absolute atomic E-state index is 13.2. The van der Waals surface area contributed by atoms with Crippen molar-refractivity contribution in [1.82, 2.24) is 0 Å². The topological polar surface area (TPSA) is 68.3 Å². The molecule has 0 unspecified atom stereocenters. The SMILES string of the molecule is COC(=O)C1=C(C(=O)OC)N(c2cc(C(F)(F)F)ccc2N(C)C)COC1. The van der Waals surface area contributed by atoms with E-state index in [2.05, 4.69) is 4.74 Å². The Morgan fingerprint density at radius 2 is 1.78 bits per heavy atom. The largest absolute Gasteiger partial charge is 0.466 e. The van der Waals surface area contributed by atoms with E-state index >= 15 is 0 Å². The summed E-state index contributed by atoms with van der Waals surface area (Å²) in [6.07, 6.45) is -4.59. The van der Waals surface area contributed by atoms with Crippen LogP contribution >= 0.6 is 0 Å². The molecule has 0 fully saturated rings. The number of hydrogen-bond donors (Lipinski definition) is 0. The zero-order valence-corrected chi connectivity index (χ0v) is 15.2. The lowest BCUT2D eigenvalue weighted by molar-refractivity contribution is -0.140. The van der Waals surface area contributed by atoms with E-state index < -0.39 is 23.7 Å². The number of halogens is 3. The minimum atomic E-state index is -4.59. The van der Waals surface area contributed by atoms with Gasteiger partial charge in [0.25, 0.3) is 0 Å². The number of hydrogen-bond acceptors (Lipinski definition) is 7. The van der Waals surface area contributed by atoms with E-state index in [9.17, 15) is 22.8 Å². The van der Waals surface area contributed by atoms with Crippen molar-refractivity contribution in [3.05, 3.63) is 35.0 Å². The van der Waals surface area contributed by atoms with Gasteiger partial charge in [-0.05, 0) is 18.2 Å². The molecule has 0 aliphatic carbocycles. The highest BCUT2D eigenvalue weighted by atomic mass is 19.4. The molecule has 0 spiro atoms. The van der Waals surface area contributed by atoms with Crippen LogP contribution in [0.15, 0.2) is 29.5 Å². The Balaban J connectivity index is 2.72. The van der Waals surface area contributed by atoms with Crippen molar-refractivity contribution in [2.45, 2.75) is 6.18 Å². The summed E-state index contributed by atoms with van der Waals surface area (Å²) < 4.78 is 54.3. The zero-order valence-electron chi connectivity index (χ0n) is 15.2. The molecule has 1 aliphatic rings. The third-order valence-electron chi connectivity index (χ3n) is 3.91. The van der Waals surface area contributed by atoms with Crippen molar-refractivity contribution < 1.29 is 37.0 Å². The van der Waals surface area contributed by atoms with Gasteiger partial charge in [-0.1, -0.05) is 0 Å². The van der Waals surface area contributed by atoms with Crippen LogP contribution in [0.1, 0.15) is 5.56 Å². The van der Waals surface area contributed by atoms with Crippen LogP contribution in [0.5, 0.6) is 0 Å². The summed E-state index contributed by atoms with van der Waals surface area (Å²) in [5.41, 5.74) is -0.844. The smallest absolute Gasteiger partial charge is 0.416 e. The quantitative estimate of drug-likeness (QED) is 0.733. The summed E-state index contributed by atoms with van der Waals surface area (Å²) in [6, 6.07) is 3.10. The highest BCUT2D eigenvalue weighted by molar-refractivity contribution is 6.04. The van der Waals surface area contributed by atoms with Gasteiger partial charge in [0.15, 0.2) is 0 Å². The second kappa shape index (κ2) is 7.87. The fourth-order valence-electron chi connectivity index (χ4n) is 2.63. The minimum absolute atomic E-state index is 0.0383. The molecule has 1 heterocycles. The molecule has 2 rings (SSSR count). The average molecular weight is 388 g/mol. The molecule has 7 nitrogen and oxygen atoms in total. The molecule has 0 bridgehead atoms. The molecular weight excluding hydrogens is 369 g/mol. The molecule has 148 valence electrons. The van der Waals surface area contributed by atoms with Crippen LogP contribution in [-0.2, 0) is 30.0 Å². The Morgan fingerprint density at radius 1 is 1.15 bits per heavy atom. The number of anilines is 2. The van der Waals surface area contributed by atoms with Crippen molar-refractivity contribution in [3.8, 4) is 0 Å². The summed E-state index contributed by atoms with van der Waals surface area (Å²) in [5, 5.41) is 0. The van der Waals surface area contributed by atoms with Gasteiger partial charge in [0.05, 0.1) is 43.3 Å². The van der Waals surface area contributed by atoms with Crippen LogP contribution in [0.4, 0.5) is 24.5 Å². The van der Waals surface area contributed by atoms with Gasteiger partial charge in [0, 0.05) is 14.1 Å². The molecule has 0 radical (unpaired) electrons. The number of carbonyl (C=O) groups excluding carboxylic acids is 2. The van der Waals surface area contributed by atoms with Gasteiger partial charge in [0.1, 0.15) is 12.4 Å². The van der Waals surface area contributed by atoms with Crippen molar-refractivity contribution in [3.63, 3.8) is 0 Å². The molecule has 0 amide bonds. The summed E-state index contributed by atoms with van der Waals surface area (Å²) in [7, 11) is 5.51. The monoisotopic (exact) mass is 388 g/mol. The molecule has 0 N–H and O–H groups in total. The maximum atomic E-state index is 13.2. The summed E-state index contributed by atoms with van der Waals surface area (Å²) >= 11 is 0. The molecule has 10 heteroatoms. The Hall–Kier alpha value is -2.75. The summed E-state index contributed by atoms with van der Waals surface area (Å²) in [4.78, 5) is 27.1. The van der Waals surface area contributed by atoms with Crippen LogP contribution in [-0.4, -0.2) is 53.6 Å². The lowest BCUT2D eigenvalue weighted by atomic mass is 10.1. The Labute approximate surface area is 153 Å². The van der Waals surface area contributed by atoms with E-state index in [0.29, 0.717) is 5.69 Å². The van der Waals surface area contributed by atoms with Gasteiger partial charge < -0.3 is 24.0 Å². The van der Waals surface area contributed by atoms with E-state index in [4.69, 9.17) is 9.47 Å². The van der Waals surface area contributed by atoms with Crippen LogP contribution in [0.2, 0.25) is 0 Å². The van der Waals surface area contributed by atoms with E-state index in [1.165, 1.54) is 11.0 Å². The number of ether oxygens (including phenoxy) is 3. The molecule has 0 aromatic heterocycles. The fourth-order valence-corrected chi connectivity index (χ4v) is 2.63. The van der Waals surface area contributed by atoms with Crippen molar-refractivity contribution in [2.75, 3.05) is 51.5 Å². The van der Waals surface area contributed by atoms with Crippen LogP contribution in [0, 0.1) is 0 Å². The number of benzene rings is 1. The maximum Gasteiger partial charge on any atom is 0.416 e. The number of nitrogens with zero attached hydrogens (tertiary/aromatic N) is 2. The first kappa shape index (κ1) is 20.6. The Morgan fingerprint density at radius 3 is 2.30 bits per heavy atom. The summed E-state index contributed by atoms with van der Waals surface area (Å²) in [6.45, 7) is -0.475. The standard InChI is InChI=1S/C17H19F3N2O5/c1-21(2)12-6-5-10(17(18,19)20)7-13(12)22-9-27-8-11(15(23)25-3)14(22)16(24)26-4/h5-7H,8-9H2,1-4H3. The molecular formula is C17H19F3N2O5. The first-order valence-electron chi connectivity index (χ1n) is 7.75. The minimum Gasteiger partial charge on any atom is -0.466 e. The number of alkyl halides is 3. The number of rotatable bonds is 4. The van der Waals surface area contributed by atoms with Gasteiger partial charge in [-0.2, -0.15) is 13.2 Å². The molecule has 1 aromatic carbocycles. The summed E-state index contributed by atoms with van der Waals surface area (Å²) in [5.74, 6) is -1.72. The normalized spacial score (nSPS) is 14.9. The highest BCUT2D eigenvalue weighted by Gasteiger charge is 2.36. The lowest BCUT2D eigenvalue weighted by Gasteiger charge is -2.34. The number of esters is 2. The number of methoxy groups -OCH3 is 2. The molecule has 27 heavy (non-hydrogen) atoms. The van der Waals surface area contributed by atoms with E-state index in [-0.39, 0.29) is 30.3 Å². The van der Waals surface area contributed by atoms with Gasteiger partial charge in [-0.3, -0.25) is 0 Å². The fraction of sp³-hybridized carbons (Fsp3) is 0.412. The third-order valence-corrected chi connectivity index (χ3v) is 3.91. The van der Waals surface area contributed by atoms with Gasteiger partial charge in [0.2, 0.25) is 0 Å². The predicted octanol–water partition coefficient (Wildman–Crippen LogP) is 2.17. The van der Waals surface area contributed by atoms with E-state index in [1.54, 1.807) is 19.0 Å². The van der Waals surface area contributed by atoms with Gasteiger partial charge in [-0.15, -0.1) is 0 Å². The Bertz CT molecular complexity index is 774. The van der Waals surface area contributed by atoms with Crippen LogP contribution < -0.4 is 9.80 Å². The highest BCUT2D eigenvalue weighted by Crippen LogP contribution is 2.39. The van der Waals surface area contributed by atoms with E-state index in [0.717, 1.165) is 26.4 Å². The molecule has 0 atom stereocenters. The molecule has 1 aliphatic heterocycles. The molecule has 0 saturated heterocycles. The predicted molar refractivity (Wildman–Crippen MR) is 90.1 cm³/mol. The second-order valence-corrected chi connectivity index (χ2v) is 5.81. The molecule has 0 saturated carbocycles. The van der Waals surface area contributed by atoms with Gasteiger partial charge in [-0.25, -0.2) is 9.59 Å². The van der Waals surface area contributed by atoms with Gasteiger partial charge >= 0.3 is 18.1 Å². The average Bonchev–Trinajstić information content (AvgIpc) is 2.64. The van der Waals surface area contributed by atoms with Crippen LogP contribution in [0.25, 0.3) is 0 Å². The first-order chi connectivity index (χ1) is 12.6. The zero-order chi connectivity index (χ0) is 20.4. The van der Waals surface area contributed by atoms with E-state index in [1.807, 2.05) is 0 Å². The van der Waals surface area contributed by atoms with Crippen LogP contribution in [0.3, 0.4) is 0 Å². The Kier molecular flexibility index (Phi) is 5.99. The number of carbonyl (C=O) groups is 2. The van der Waals surface area contributed by atoms with Crippen molar-refractivity contribution in [2.24, 2.45) is 0 Å². The van der Waals surface area contributed by atoms with Crippen molar-refractivity contribution in [1.29, 1.82) is 0 Å². The first-order valence-corrected chi connectivity index (χ1v) is 7.75. The third kappa shape index (κ3) is 4.16. The second-order valence-electron chi connectivity index (χ2n) is 5.81. The lowest BCUT2D eigenvalue weighted by Crippen LogP contribution is -2.39.